The average molecular weight is 271 g/mol. The fraction of sp³-hybridized carbons (Fsp3) is 0.500. The molecule has 0 bridgehead atoms. The third-order valence-corrected chi connectivity index (χ3v) is 3.48. The molecular weight excluding hydrogens is 260 g/mol. The van der Waals surface area contributed by atoms with E-state index in [2.05, 4.69) is 21.2 Å². The molecule has 1 spiro atoms. The van der Waals surface area contributed by atoms with Crippen molar-refractivity contribution in [2.24, 2.45) is 5.41 Å². The molecule has 1 aromatic heterocycles. The predicted octanol–water partition coefficient (Wildman–Crippen LogP) is 1.01. The van der Waals surface area contributed by atoms with E-state index in [9.17, 15) is 4.79 Å². The van der Waals surface area contributed by atoms with Crippen LogP contribution in [-0.2, 0) is 11.3 Å². The Morgan fingerprint density at radius 2 is 2.33 bits per heavy atom. The molecule has 1 amide bonds. The molecule has 0 atom stereocenters. The number of rotatable bonds is 0. The second-order valence-corrected chi connectivity index (χ2v) is 5.26. The van der Waals surface area contributed by atoms with Gasteiger partial charge in [0.05, 0.1) is 18.6 Å². The Morgan fingerprint density at radius 3 is 3.00 bits per heavy atom. The average Bonchev–Trinajstić information content (AvgIpc) is 2.44. The molecular formula is C10H11BrN2O2. The van der Waals surface area contributed by atoms with Crippen molar-refractivity contribution in [3.8, 4) is 0 Å². The molecule has 4 nitrogen and oxygen atoms in total. The molecule has 0 unspecified atom stereocenters. The summed E-state index contributed by atoms with van der Waals surface area (Å²) >= 11 is 3.39. The summed E-state index contributed by atoms with van der Waals surface area (Å²) in [6.07, 6.45) is 1.96. The molecule has 3 rings (SSSR count). The molecule has 0 aliphatic carbocycles. The van der Waals surface area contributed by atoms with E-state index in [1.54, 1.807) is 0 Å². The number of hydrogen-bond acceptors (Lipinski definition) is 2. The first-order valence-corrected chi connectivity index (χ1v) is 5.70. The maximum atomic E-state index is 11.8. The number of carbonyl (C=O) groups excluding carboxylic acids is 1. The van der Waals surface area contributed by atoms with Gasteiger partial charge in [-0.15, -0.1) is 0 Å². The largest absolute Gasteiger partial charge is 0.380 e. The Labute approximate surface area is 95.7 Å². The number of hydrogen-bond donors (Lipinski definition) is 1. The standard InChI is InChI=1S/C10H11BrN2O2/c11-7-1-8-9(14)12-3-10(5-15-6-10)4-13(8)2-7/h1-2H,3-6H2,(H,12,14). The molecule has 0 radical (unpaired) electrons. The summed E-state index contributed by atoms with van der Waals surface area (Å²) in [6.45, 7) is 3.04. The number of fused-ring (bicyclic) bond motifs is 1. The van der Waals surface area contributed by atoms with Gasteiger partial charge in [-0.05, 0) is 22.0 Å². The first-order chi connectivity index (χ1) is 7.19. The minimum atomic E-state index is 0.00414. The van der Waals surface area contributed by atoms with Crippen LogP contribution in [0.4, 0.5) is 0 Å². The van der Waals surface area contributed by atoms with Crippen LogP contribution in [0.5, 0.6) is 0 Å². The van der Waals surface area contributed by atoms with Gasteiger partial charge in [0.15, 0.2) is 0 Å². The summed E-state index contributed by atoms with van der Waals surface area (Å²) < 4.78 is 8.21. The van der Waals surface area contributed by atoms with Crippen molar-refractivity contribution in [3.63, 3.8) is 0 Å². The van der Waals surface area contributed by atoms with E-state index in [4.69, 9.17) is 4.74 Å². The maximum absolute atomic E-state index is 11.8. The lowest BCUT2D eigenvalue weighted by Crippen LogP contribution is -2.51. The maximum Gasteiger partial charge on any atom is 0.267 e. The number of ether oxygens (including phenoxy) is 1. The summed E-state index contributed by atoms with van der Waals surface area (Å²) in [5, 5.41) is 2.95. The van der Waals surface area contributed by atoms with E-state index in [0.29, 0.717) is 6.54 Å². The van der Waals surface area contributed by atoms with E-state index in [-0.39, 0.29) is 11.3 Å². The molecule has 80 valence electrons. The van der Waals surface area contributed by atoms with Gasteiger partial charge in [0, 0.05) is 23.8 Å². The van der Waals surface area contributed by atoms with Gasteiger partial charge < -0.3 is 14.6 Å². The third-order valence-electron chi connectivity index (χ3n) is 3.04. The summed E-state index contributed by atoms with van der Waals surface area (Å²) in [5.41, 5.74) is 0.838. The summed E-state index contributed by atoms with van der Waals surface area (Å²) in [4.78, 5) is 11.8. The van der Waals surface area contributed by atoms with E-state index in [1.807, 2.05) is 16.8 Å². The van der Waals surface area contributed by atoms with Crippen LogP contribution in [-0.4, -0.2) is 30.2 Å². The molecule has 15 heavy (non-hydrogen) atoms. The van der Waals surface area contributed by atoms with Crippen LogP contribution >= 0.6 is 15.9 Å². The lowest BCUT2D eigenvalue weighted by atomic mass is 9.86. The van der Waals surface area contributed by atoms with Gasteiger partial charge in [-0.2, -0.15) is 0 Å². The van der Waals surface area contributed by atoms with Crippen LogP contribution in [0.1, 0.15) is 10.5 Å². The molecule has 1 fully saturated rings. The quantitative estimate of drug-likeness (QED) is 0.765. The van der Waals surface area contributed by atoms with Crippen molar-refractivity contribution in [1.82, 2.24) is 9.88 Å². The normalized spacial score (nSPS) is 22.9. The molecule has 0 aromatic carbocycles. The second kappa shape index (κ2) is 3.09. The molecule has 1 aromatic rings. The highest BCUT2D eigenvalue weighted by molar-refractivity contribution is 9.10. The monoisotopic (exact) mass is 270 g/mol. The molecule has 3 heterocycles. The second-order valence-electron chi connectivity index (χ2n) is 4.35. The van der Waals surface area contributed by atoms with Crippen LogP contribution in [0, 0.1) is 5.41 Å². The van der Waals surface area contributed by atoms with Crippen molar-refractivity contribution in [2.75, 3.05) is 19.8 Å². The molecule has 2 aliphatic rings. The third kappa shape index (κ3) is 1.41. The van der Waals surface area contributed by atoms with Crippen molar-refractivity contribution in [1.29, 1.82) is 0 Å². The van der Waals surface area contributed by atoms with Gasteiger partial charge in [0.25, 0.3) is 5.91 Å². The van der Waals surface area contributed by atoms with E-state index >= 15 is 0 Å². The first kappa shape index (κ1) is 9.42. The highest BCUT2D eigenvalue weighted by atomic mass is 79.9. The lowest BCUT2D eigenvalue weighted by Gasteiger charge is -2.40. The summed E-state index contributed by atoms with van der Waals surface area (Å²) in [7, 11) is 0. The van der Waals surface area contributed by atoms with Crippen LogP contribution in [0.2, 0.25) is 0 Å². The van der Waals surface area contributed by atoms with E-state index < -0.39 is 0 Å². The molecule has 2 aliphatic heterocycles. The Morgan fingerprint density at radius 1 is 1.53 bits per heavy atom. The highest BCUT2D eigenvalue weighted by Gasteiger charge is 2.41. The Bertz CT molecular complexity index is 423. The number of nitrogens with one attached hydrogen (secondary N) is 1. The fourth-order valence-electron chi connectivity index (χ4n) is 2.16. The molecule has 5 heteroatoms. The zero-order valence-electron chi connectivity index (χ0n) is 8.12. The van der Waals surface area contributed by atoms with E-state index in [1.165, 1.54) is 0 Å². The van der Waals surface area contributed by atoms with Gasteiger partial charge in [-0.3, -0.25) is 4.79 Å². The topological polar surface area (TPSA) is 43.3 Å². The van der Waals surface area contributed by atoms with E-state index in [0.717, 1.165) is 29.9 Å². The van der Waals surface area contributed by atoms with Gasteiger partial charge in [-0.1, -0.05) is 0 Å². The minimum absolute atomic E-state index is 0.00414. The highest BCUT2D eigenvalue weighted by Crippen LogP contribution is 2.32. The van der Waals surface area contributed by atoms with Crippen molar-refractivity contribution in [3.05, 3.63) is 22.4 Å². The number of amides is 1. The number of nitrogens with zero attached hydrogens (tertiary/aromatic N) is 1. The zero-order valence-corrected chi connectivity index (χ0v) is 9.71. The number of carbonyl (C=O) groups is 1. The summed E-state index contributed by atoms with van der Waals surface area (Å²) in [5.74, 6) is 0.00414. The zero-order chi connectivity index (χ0) is 10.5. The van der Waals surface area contributed by atoms with Crippen LogP contribution < -0.4 is 5.32 Å². The van der Waals surface area contributed by atoms with Gasteiger partial charge >= 0.3 is 0 Å². The van der Waals surface area contributed by atoms with Crippen molar-refractivity contribution >= 4 is 21.8 Å². The van der Waals surface area contributed by atoms with Gasteiger partial charge in [0.1, 0.15) is 5.69 Å². The Kier molecular flexibility index (Phi) is 1.94. The first-order valence-electron chi connectivity index (χ1n) is 4.90. The Balaban J connectivity index is 2.01. The SMILES string of the molecule is O=C1NCC2(COC2)Cn2cc(Br)cc21. The summed E-state index contributed by atoms with van der Waals surface area (Å²) in [6, 6.07) is 1.86. The van der Waals surface area contributed by atoms with Crippen LogP contribution in [0.3, 0.4) is 0 Å². The molecule has 0 saturated carbocycles. The molecule has 1 N–H and O–H groups in total. The predicted molar refractivity (Wildman–Crippen MR) is 57.7 cm³/mol. The molecule has 1 saturated heterocycles. The van der Waals surface area contributed by atoms with Gasteiger partial charge in [0.2, 0.25) is 0 Å². The fourth-order valence-corrected chi connectivity index (χ4v) is 2.62. The van der Waals surface area contributed by atoms with Crippen molar-refractivity contribution < 1.29 is 9.53 Å². The lowest BCUT2D eigenvalue weighted by molar-refractivity contribution is -0.117. The van der Waals surface area contributed by atoms with Gasteiger partial charge in [-0.25, -0.2) is 0 Å². The van der Waals surface area contributed by atoms with Crippen LogP contribution in [0.15, 0.2) is 16.7 Å². The van der Waals surface area contributed by atoms with Crippen molar-refractivity contribution in [2.45, 2.75) is 6.54 Å². The number of aromatic nitrogens is 1. The Hall–Kier alpha value is -0.810. The smallest absolute Gasteiger partial charge is 0.267 e. The number of halogens is 1. The van der Waals surface area contributed by atoms with Crippen LogP contribution in [0.25, 0.3) is 0 Å². The minimum Gasteiger partial charge on any atom is -0.380 e.